The van der Waals surface area contributed by atoms with Crippen LogP contribution in [-0.4, -0.2) is 0 Å². The van der Waals surface area contributed by atoms with Crippen molar-refractivity contribution in [3.8, 4) is 23.0 Å². The molecule has 3 rings (SSSR count). The van der Waals surface area contributed by atoms with Gasteiger partial charge in [-0.1, -0.05) is 64.1 Å². The summed E-state index contributed by atoms with van der Waals surface area (Å²) in [6.07, 6.45) is 0. The van der Waals surface area contributed by atoms with E-state index >= 15 is 0 Å². The molecule has 0 N–H and O–H groups in total. The maximum absolute atomic E-state index is 6.08. The van der Waals surface area contributed by atoms with E-state index in [2.05, 4.69) is 39.8 Å². The summed E-state index contributed by atoms with van der Waals surface area (Å²) in [5.41, 5.74) is 2.41. The second-order valence-corrected chi connectivity index (χ2v) is 7.06. The number of hydrogen-bond donors (Lipinski definition) is 0. The summed E-state index contributed by atoms with van der Waals surface area (Å²) < 4.78 is 12.2. The molecule has 0 fully saturated rings. The van der Waals surface area contributed by atoms with Crippen LogP contribution in [0.4, 0.5) is 0 Å². The average molecular weight is 346 g/mol. The third kappa shape index (κ3) is 4.26. The van der Waals surface area contributed by atoms with Gasteiger partial charge in [0.15, 0.2) is 0 Å². The lowest BCUT2D eigenvalue weighted by molar-refractivity contribution is 0.460. The van der Waals surface area contributed by atoms with Crippen LogP contribution in [0.1, 0.15) is 50.7 Å². The normalized spacial score (nSPS) is 11.0. The van der Waals surface area contributed by atoms with Crippen LogP contribution in [0.5, 0.6) is 23.0 Å². The molecule has 26 heavy (non-hydrogen) atoms. The highest BCUT2D eigenvalue weighted by molar-refractivity contribution is 5.43. The van der Waals surface area contributed by atoms with E-state index in [1.54, 1.807) is 0 Å². The Morgan fingerprint density at radius 2 is 0.846 bits per heavy atom. The van der Waals surface area contributed by atoms with Crippen LogP contribution >= 0.6 is 0 Å². The monoisotopic (exact) mass is 346 g/mol. The Hall–Kier alpha value is -2.74. The van der Waals surface area contributed by atoms with E-state index in [9.17, 15) is 0 Å². The molecule has 2 nitrogen and oxygen atoms in total. The van der Waals surface area contributed by atoms with E-state index in [0.29, 0.717) is 11.8 Å². The minimum Gasteiger partial charge on any atom is -0.457 e. The van der Waals surface area contributed by atoms with E-state index in [1.165, 1.54) is 11.1 Å². The second kappa shape index (κ2) is 8.09. The molecule has 0 saturated heterocycles. The first kappa shape index (κ1) is 18.1. The maximum Gasteiger partial charge on any atom is 0.130 e. The van der Waals surface area contributed by atoms with Crippen molar-refractivity contribution >= 4 is 0 Å². The van der Waals surface area contributed by atoms with Gasteiger partial charge < -0.3 is 9.47 Å². The molecule has 3 aromatic carbocycles. The van der Waals surface area contributed by atoms with Crippen molar-refractivity contribution in [3.63, 3.8) is 0 Å². The SMILES string of the molecule is CC(C)c1ccccc1Oc1ccc(Oc2ccccc2C(C)C)cc1. The molecule has 0 saturated carbocycles. The summed E-state index contributed by atoms with van der Waals surface area (Å²) >= 11 is 0. The summed E-state index contributed by atoms with van der Waals surface area (Å²) in [7, 11) is 0. The van der Waals surface area contributed by atoms with E-state index in [0.717, 1.165) is 23.0 Å². The summed E-state index contributed by atoms with van der Waals surface area (Å²) in [6, 6.07) is 24.1. The largest absolute Gasteiger partial charge is 0.457 e. The number of hydrogen-bond acceptors (Lipinski definition) is 2. The van der Waals surface area contributed by atoms with Crippen LogP contribution in [0.25, 0.3) is 0 Å². The van der Waals surface area contributed by atoms with E-state index in [4.69, 9.17) is 9.47 Å². The lowest BCUT2D eigenvalue weighted by Gasteiger charge is -2.15. The van der Waals surface area contributed by atoms with Gasteiger partial charge in [-0.25, -0.2) is 0 Å². The van der Waals surface area contributed by atoms with Gasteiger partial charge in [-0.15, -0.1) is 0 Å². The molecule has 0 radical (unpaired) electrons. The van der Waals surface area contributed by atoms with E-state index < -0.39 is 0 Å². The van der Waals surface area contributed by atoms with Crippen LogP contribution in [0.3, 0.4) is 0 Å². The zero-order chi connectivity index (χ0) is 18.5. The lowest BCUT2D eigenvalue weighted by atomic mass is 10.0. The molecular weight excluding hydrogens is 320 g/mol. The van der Waals surface area contributed by atoms with Crippen molar-refractivity contribution in [2.45, 2.75) is 39.5 Å². The molecule has 0 aliphatic rings. The third-order valence-corrected chi connectivity index (χ3v) is 4.36. The fourth-order valence-electron chi connectivity index (χ4n) is 2.93. The van der Waals surface area contributed by atoms with E-state index in [1.807, 2.05) is 60.7 Å². The molecule has 0 aliphatic carbocycles. The Labute approximate surface area is 156 Å². The van der Waals surface area contributed by atoms with Gasteiger partial charge in [-0.2, -0.15) is 0 Å². The quantitative estimate of drug-likeness (QED) is 0.459. The van der Waals surface area contributed by atoms with Gasteiger partial charge in [0.05, 0.1) is 0 Å². The van der Waals surface area contributed by atoms with Gasteiger partial charge >= 0.3 is 0 Å². The Morgan fingerprint density at radius 1 is 0.500 bits per heavy atom. The molecular formula is C24H26O2. The smallest absolute Gasteiger partial charge is 0.130 e. The Bertz CT molecular complexity index is 776. The Kier molecular flexibility index (Phi) is 5.62. The topological polar surface area (TPSA) is 18.5 Å². The molecule has 3 aromatic rings. The summed E-state index contributed by atoms with van der Waals surface area (Å²) in [6.45, 7) is 8.69. The van der Waals surface area contributed by atoms with Gasteiger partial charge in [0.25, 0.3) is 0 Å². The standard InChI is InChI=1S/C24H26O2/c1-17(2)21-9-5-7-11-23(21)25-19-13-15-20(16-14-19)26-24-12-8-6-10-22(24)18(3)4/h5-18H,1-4H3. The molecule has 0 spiro atoms. The van der Waals surface area contributed by atoms with Crippen LogP contribution in [0.15, 0.2) is 72.8 Å². The molecule has 0 amide bonds. The maximum atomic E-state index is 6.08. The van der Waals surface area contributed by atoms with Crippen LogP contribution in [0.2, 0.25) is 0 Å². The van der Waals surface area contributed by atoms with Crippen LogP contribution < -0.4 is 9.47 Å². The van der Waals surface area contributed by atoms with E-state index in [-0.39, 0.29) is 0 Å². The van der Waals surface area contributed by atoms with Gasteiger partial charge in [0, 0.05) is 0 Å². The molecule has 0 bridgehead atoms. The fourth-order valence-corrected chi connectivity index (χ4v) is 2.93. The molecule has 0 heterocycles. The first-order valence-electron chi connectivity index (χ1n) is 9.18. The number of ether oxygens (including phenoxy) is 2. The van der Waals surface area contributed by atoms with Gasteiger partial charge in [-0.3, -0.25) is 0 Å². The minimum atomic E-state index is 0.418. The number of benzene rings is 3. The summed E-state index contributed by atoms with van der Waals surface area (Å²) in [4.78, 5) is 0. The van der Waals surface area contributed by atoms with Gasteiger partial charge in [0.1, 0.15) is 23.0 Å². The fraction of sp³-hybridized carbons (Fsp3) is 0.250. The lowest BCUT2D eigenvalue weighted by Crippen LogP contribution is -1.94. The predicted octanol–water partition coefficient (Wildman–Crippen LogP) is 7.52. The molecule has 0 atom stereocenters. The van der Waals surface area contributed by atoms with Gasteiger partial charge in [0.2, 0.25) is 0 Å². The van der Waals surface area contributed by atoms with Crippen molar-refractivity contribution in [1.82, 2.24) is 0 Å². The second-order valence-electron chi connectivity index (χ2n) is 7.06. The first-order valence-corrected chi connectivity index (χ1v) is 9.18. The summed E-state index contributed by atoms with van der Waals surface area (Å²) in [5, 5.41) is 0. The Morgan fingerprint density at radius 3 is 1.19 bits per heavy atom. The zero-order valence-electron chi connectivity index (χ0n) is 15.9. The minimum absolute atomic E-state index is 0.418. The number of para-hydroxylation sites is 2. The summed E-state index contributed by atoms with van der Waals surface area (Å²) in [5.74, 6) is 4.26. The van der Waals surface area contributed by atoms with Crippen molar-refractivity contribution in [2.24, 2.45) is 0 Å². The van der Waals surface area contributed by atoms with Gasteiger partial charge in [-0.05, 0) is 59.4 Å². The van der Waals surface area contributed by atoms with Crippen molar-refractivity contribution in [2.75, 3.05) is 0 Å². The van der Waals surface area contributed by atoms with Crippen LogP contribution in [0, 0.1) is 0 Å². The predicted molar refractivity (Wildman–Crippen MR) is 108 cm³/mol. The molecule has 0 aliphatic heterocycles. The molecule has 0 aromatic heterocycles. The molecule has 134 valence electrons. The zero-order valence-corrected chi connectivity index (χ0v) is 15.9. The molecule has 0 unspecified atom stereocenters. The van der Waals surface area contributed by atoms with Crippen LogP contribution in [-0.2, 0) is 0 Å². The first-order chi connectivity index (χ1) is 12.5. The Balaban J connectivity index is 1.76. The molecule has 2 heteroatoms. The van der Waals surface area contributed by atoms with Crippen molar-refractivity contribution < 1.29 is 9.47 Å². The van der Waals surface area contributed by atoms with Crippen molar-refractivity contribution in [1.29, 1.82) is 0 Å². The highest BCUT2D eigenvalue weighted by Gasteiger charge is 2.10. The average Bonchev–Trinajstić information content (AvgIpc) is 2.64. The number of rotatable bonds is 6. The van der Waals surface area contributed by atoms with Crippen molar-refractivity contribution in [3.05, 3.63) is 83.9 Å². The highest BCUT2D eigenvalue weighted by atomic mass is 16.5. The highest BCUT2D eigenvalue weighted by Crippen LogP contribution is 2.33. The third-order valence-electron chi connectivity index (χ3n) is 4.36.